The molecule has 1 fully saturated rings. The maximum Gasteiger partial charge on any atom is 0.357 e. The summed E-state index contributed by atoms with van der Waals surface area (Å²) in [6.45, 7) is 3.52. The minimum Gasteiger partial charge on any atom is -0.385 e. The summed E-state index contributed by atoms with van der Waals surface area (Å²) in [6, 6.07) is -0.490. The number of nitrogens with zero attached hydrogens (tertiary/aromatic N) is 2. The number of oxime groups is 1. The largest absolute Gasteiger partial charge is 0.385 e. The maximum absolute atomic E-state index is 11.3. The van der Waals surface area contributed by atoms with Crippen molar-refractivity contribution in [2.75, 3.05) is 6.54 Å². The third-order valence-corrected chi connectivity index (χ3v) is 1.98. The van der Waals surface area contributed by atoms with Gasteiger partial charge in [0.05, 0.1) is 0 Å². The van der Waals surface area contributed by atoms with Crippen molar-refractivity contribution in [1.82, 2.24) is 4.90 Å². The van der Waals surface area contributed by atoms with Crippen molar-refractivity contribution in [3.63, 3.8) is 0 Å². The normalized spacial score (nSPS) is 21.4. The van der Waals surface area contributed by atoms with E-state index in [4.69, 9.17) is 5.73 Å². The number of nitrogens with two attached hydrogens (primary N) is 1. The number of carbonyl (C=O) groups excluding carboxylic acids is 2. The molecule has 1 saturated heterocycles. The molecule has 1 aliphatic rings. The smallest absolute Gasteiger partial charge is 0.357 e. The third-order valence-electron chi connectivity index (χ3n) is 1.98. The minimum atomic E-state index is -0.531. The van der Waals surface area contributed by atoms with E-state index in [0.29, 0.717) is 13.0 Å². The van der Waals surface area contributed by atoms with Crippen LogP contribution in [-0.2, 0) is 14.4 Å². The number of rotatable bonds is 2. The Labute approximate surface area is 81.7 Å². The Hall–Kier alpha value is -1.59. The van der Waals surface area contributed by atoms with Crippen LogP contribution in [0.5, 0.6) is 0 Å². The van der Waals surface area contributed by atoms with E-state index >= 15 is 0 Å². The Morgan fingerprint density at radius 1 is 1.50 bits per heavy atom. The first-order valence-corrected chi connectivity index (χ1v) is 4.30. The first-order chi connectivity index (χ1) is 6.52. The molecule has 0 aromatic rings. The number of amides is 1. The average Bonchev–Trinajstić information content (AvgIpc) is 1.97. The summed E-state index contributed by atoms with van der Waals surface area (Å²) in [4.78, 5) is 28.2. The van der Waals surface area contributed by atoms with Gasteiger partial charge in [0.2, 0.25) is 5.91 Å². The van der Waals surface area contributed by atoms with Crippen molar-refractivity contribution in [1.29, 1.82) is 0 Å². The molecule has 2 N–H and O–H groups in total. The van der Waals surface area contributed by atoms with Crippen molar-refractivity contribution in [2.24, 2.45) is 10.9 Å². The van der Waals surface area contributed by atoms with E-state index in [1.165, 1.54) is 18.7 Å². The minimum absolute atomic E-state index is 0.133. The van der Waals surface area contributed by atoms with E-state index in [2.05, 4.69) is 9.99 Å². The lowest BCUT2D eigenvalue weighted by molar-refractivity contribution is -0.161. The lowest BCUT2D eigenvalue weighted by Crippen LogP contribution is -2.54. The van der Waals surface area contributed by atoms with Crippen LogP contribution in [0.15, 0.2) is 5.16 Å². The van der Waals surface area contributed by atoms with E-state index in [-0.39, 0.29) is 11.7 Å². The molecule has 0 spiro atoms. The van der Waals surface area contributed by atoms with Crippen LogP contribution in [0.25, 0.3) is 0 Å². The van der Waals surface area contributed by atoms with Gasteiger partial charge in [-0.1, -0.05) is 5.16 Å². The Kier molecular flexibility index (Phi) is 3.06. The van der Waals surface area contributed by atoms with Crippen molar-refractivity contribution in [3.05, 3.63) is 0 Å². The zero-order valence-corrected chi connectivity index (χ0v) is 8.19. The van der Waals surface area contributed by atoms with Crippen LogP contribution in [-0.4, -0.2) is 35.2 Å². The highest BCUT2D eigenvalue weighted by molar-refractivity contribution is 5.85. The Morgan fingerprint density at radius 3 is 2.50 bits per heavy atom. The number of likely N-dealkylation sites (tertiary alicyclic amines) is 1. The lowest BCUT2D eigenvalue weighted by Gasteiger charge is -2.37. The topological polar surface area (TPSA) is 85.0 Å². The van der Waals surface area contributed by atoms with Crippen molar-refractivity contribution < 1.29 is 14.4 Å². The lowest BCUT2D eigenvalue weighted by atomic mass is 10.0. The highest BCUT2D eigenvalue weighted by atomic mass is 16.7. The molecule has 1 amide bonds. The molecule has 1 atom stereocenters. The molecule has 0 radical (unpaired) electrons. The molecule has 1 rings (SSSR count). The van der Waals surface area contributed by atoms with Crippen LogP contribution < -0.4 is 5.73 Å². The third kappa shape index (κ3) is 2.21. The fourth-order valence-electron chi connectivity index (χ4n) is 1.19. The second-order valence-electron chi connectivity index (χ2n) is 3.16. The van der Waals surface area contributed by atoms with Gasteiger partial charge in [-0.3, -0.25) is 4.79 Å². The van der Waals surface area contributed by atoms with Crippen LogP contribution in [0, 0.1) is 0 Å². The summed E-state index contributed by atoms with van der Waals surface area (Å²) in [6.07, 6.45) is 0.623. The fourth-order valence-corrected chi connectivity index (χ4v) is 1.19. The SMILES string of the molecule is CC(=O)N1CC[C@H]1C(=O)ON=C(C)N. The van der Waals surface area contributed by atoms with E-state index in [9.17, 15) is 9.59 Å². The summed E-state index contributed by atoms with van der Waals surface area (Å²) in [5, 5.41) is 3.33. The first kappa shape index (κ1) is 10.5. The predicted octanol–water partition coefficient (Wildman–Crippen LogP) is -0.557. The van der Waals surface area contributed by atoms with Gasteiger partial charge < -0.3 is 15.5 Å². The number of carbonyl (C=O) groups is 2. The van der Waals surface area contributed by atoms with Gasteiger partial charge >= 0.3 is 5.97 Å². The van der Waals surface area contributed by atoms with Gasteiger partial charge in [0, 0.05) is 13.5 Å². The summed E-state index contributed by atoms with van der Waals surface area (Å²) >= 11 is 0. The van der Waals surface area contributed by atoms with Gasteiger partial charge in [-0.05, 0) is 13.3 Å². The van der Waals surface area contributed by atoms with Gasteiger partial charge in [0.1, 0.15) is 11.9 Å². The first-order valence-electron chi connectivity index (χ1n) is 4.30. The molecule has 1 heterocycles. The predicted molar refractivity (Wildman–Crippen MR) is 49.2 cm³/mol. The second-order valence-corrected chi connectivity index (χ2v) is 3.16. The molecule has 6 nitrogen and oxygen atoms in total. The molecule has 78 valence electrons. The van der Waals surface area contributed by atoms with Crippen LogP contribution in [0.4, 0.5) is 0 Å². The quantitative estimate of drug-likeness (QED) is 0.279. The monoisotopic (exact) mass is 199 g/mol. The molecule has 0 aliphatic carbocycles. The van der Waals surface area contributed by atoms with E-state index < -0.39 is 12.0 Å². The number of hydrogen-bond donors (Lipinski definition) is 1. The summed E-state index contributed by atoms with van der Waals surface area (Å²) in [7, 11) is 0. The number of amidine groups is 1. The highest BCUT2D eigenvalue weighted by Crippen LogP contribution is 2.18. The van der Waals surface area contributed by atoms with E-state index in [1.807, 2.05) is 0 Å². The summed E-state index contributed by atoms with van der Waals surface area (Å²) in [5.41, 5.74) is 5.19. The second kappa shape index (κ2) is 4.08. The van der Waals surface area contributed by atoms with Crippen molar-refractivity contribution in [2.45, 2.75) is 26.3 Å². The van der Waals surface area contributed by atoms with Gasteiger partial charge in [-0.15, -0.1) is 0 Å². The van der Waals surface area contributed by atoms with E-state index in [1.54, 1.807) is 0 Å². The van der Waals surface area contributed by atoms with Crippen LogP contribution >= 0.6 is 0 Å². The fraction of sp³-hybridized carbons (Fsp3) is 0.625. The molecule has 0 unspecified atom stereocenters. The molecular weight excluding hydrogens is 186 g/mol. The van der Waals surface area contributed by atoms with Gasteiger partial charge in [0.15, 0.2) is 0 Å². The molecular formula is C8H13N3O3. The molecule has 14 heavy (non-hydrogen) atoms. The molecule has 0 aromatic carbocycles. The van der Waals surface area contributed by atoms with Crippen molar-refractivity contribution in [3.8, 4) is 0 Å². The van der Waals surface area contributed by atoms with Gasteiger partial charge in [-0.25, -0.2) is 4.79 Å². The Morgan fingerprint density at radius 2 is 2.14 bits per heavy atom. The zero-order chi connectivity index (χ0) is 10.7. The van der Waals surface area contributed by atoms with Crippen molar-refractivity contribution >= 4 is 17.7 Å². The molecule has 1 aliphatic heterocycles. The van der Waals surface area contributed by atoms with Crippen LogP contribution in [0.1, 0.15) is 20.3 Å². The summed E-state index contributed by atoms with van der Waals surface area (Å²) < 4.78 is 0. The Bertz CT molecular complexity index is 284. The molecule has 0 aromatic heterocycles. The number of hydrogen-bond acceptors (Lipinski definition) is 4. The van der Waals surface area contributed by atoms with E-state index in [0.717, 1.165) is 0 Å². The summed E-state index contributed by atoms with van der Waals surface area (Å²) in [5.74, 6) is -0.491. The van der Waals surface area contributed by atoms with Gasteiger partial charge in [-0.2, -0.15) is 0 Å². The maximum atomic E-state index is 11.3. The average molecular weight is 199 g/mol. The van der Waals surface area contributed by atoms with Crippen LogP contribution in [0.2, 0.25) is 0 Å². The standard InChI is InChI=1S/C8H13N3O3/c1-5(9)10-14-8(13)7-3-4-11(7)6(2)12/h7H,3-4H2,1-2H3,(H2,9,10)/t7-/m0/s1. The molecule has 6 heteroatoms. The highest BCUT2D eigenvalue weighted by Gasteiger charge is 2.37. The zero-order valence-electron chi connectivity index (χ0n) is 8.19. The Balaban J connectivity index is 2.46. The molecule has 0 bridgehead atoms. The molecule has 0 saturated carbocycles. The van der Waals surface area contributed by atoms with Gasteiger partial charge in [0.25, 0.3) is 0 Å². The van der Waals surface area contributed by atoms with Crippen LogP contribution in [0.3, 0.4) is 0 Å².